The van der Waals surface area contributed by atoms with Crippen molar-refractivity contribution >= 4 is 0 Å². The predicted molar refractivity (Wildman–Crippen MR) is 140 cm³/mol. The van der Waals surface area contributed by atoms with E-state index in [1.54, 1.807) is 5.57 Å². The first kappa shape index (κ1) is 29.7. The average Bonchev–Trinajstić information content (AvgIpc) is 2.64. The monoisotopic (exact) mass is 420 g/mol. The minimum atomic E-state index is 0.851. The lowest BCUT2D eigenvalue weighted by Gasteiger charge is -2.15. The second-order valence-electron chi connectivity index (χ2n) is 11.8. The molecule has 180 valence electrons. The highest BCUT2D eigenvalue weighted by Gasteiger charge is 2.07. The maximum absolute atomic E-state index is 2.52. The molecule has 0 saturated heterocycles. The van der Waals surface area contributed by atoms with E-state index in [9.17, 15) is 0 Å². The topological polar surface area (TPSA) is 0 Å². The maximum atomic E-state index is 2.52. The largest absolute Gasteiger partial charge is 0.0856 e. The summed E-state index contributed by atoms with van der Waals surface area (Å²) < 4.78 is 0. The molecule has 0 saturated carbocycles. The molecule has 0 nitrogen and oxygen atoms in total. The number of allylic oxidation sites excluding steroid dienone is 2. The van der Waals surface area contributed by atoms with Crippen LogP contribution in [0.2, 0.25) is 0 Å². The molecule has 0 amide bonds. The standard InChI is InChI=1S/C30H60/c1-25(2)15-11-19-29(7)23-13-21-27(5)17-9-10-18-28(6)22-14-24-30(8)20-12-16-26(3)4/h23,25-28,30H,9-22,24H2,1-8H3/b29-23+. The number of hydrogen-bond donors (Lipinski definition) is 0. The van der Waals surface area contributed by atoms with E-state index in [0.717, 1.165) is 29.6 Å². The molecule has 0 aromatic heterocycles. The first-order valence-electron chi connectivity index (χ1n) is 13.9. The summed E-state index contributed by atoms with van der Waals surface area (Å²) in [7, 11) is 0. The summed E-state index contributed by atoms with van der Waals surface area (Å²) >= 11 is 0. The molecule has 0 radical (unpaired) electrons. The van der Waals surface area contributed by atoms with Gasteiger partial charge in [-0.15, -0.1) is 0 Å². The van der Waals surface area contributed by atoms with E-state index in [-0.39, 0.29) is 0 Å². The van der Waals surface area contributed by atoms with Gasteiger partial charge in [-0.3, -0.25) is 0 Å². The third-order valence-corrected chi connectivity index (χ3v) is 7.02. The third kappa shape index (κ3) is 21.0. The molecular formula is C30H60. The van der Waals surface area contributed by atoms with Crippen LogP contribution in [0.15, 0.2) is 11.6 Å². The van der Waals surface area contributed by atoms with Crippen LogP contribution in [-0.4, -0.2) is 0 Å². The molecule has 0 aromatic rings. The first-order chi connectivity index (χ1) is 14.2. The molecule has 0 spiro atoms. The van der Waals surface area contributed by atoms with Crippen LogP contribution in [0.3, 0.4) is 0 Å². The second kappa shape index (κ2) is 19.4. The molecule has 0 heterocycles. The first-order valence-corrected chi connectivity index (χ1v) is 13.9. The summed E-state index contributed by atoms with van der Waals surface area (Å²) in [5.41, 5.74) is 1.62. The Morgan fingerprint density at radius 2 is 0.900 bits per heavy atom. The molecule has 30 heavy (non-hydrogen) atoms. The highest BCUT2D eigenvalue weighted by Crippen LogP contribution is 2.23. The van der Waals surface area contributed by atoms with Gasteiger partial charge in [0.1, 0.15) is 0 Å². The highest BCUT2D eigenvalue weighted by atomic mass is 14.1. The zero-order valence-electron chi connectivity index (χ0n) is 22.6. The predicted octanol–water partition coefficient (Wildman–Crippen LogP) is 11.0. The van der Waals surface area contributed by atoms with E-state index >= 15 is 0 Å². The van der Waals surface area contributed by atoms with Crippen molar-refractivity contribution in [2.75, 3.05) is 0 Å². The van der Waals surface area contributed by atoms with Gasteiger partial charge in [-0.1, -0.05) is 131 Å². The Morgan fingerprint density at radius 1 is 0.500 bits per heavy atom. The minimum Gasteiger partial charge on any atom is -0.0856 e. The quantitative estimate of drug-likeness (QED) is 0.136. The summed E-state index contributed by atoms with van der Waals surface area (Å²) in [6.45, 7) is 19.1. The van der Waals surface area contributed by atoms with Gasteiger partial charge in [0.2, 0.25) is 0 Å². The maximum Gasteiger partial charge on any atom is -0.0323 e. The van der Waals surface area contributed by atoms with Gasteiger partial charge in [0.15, 0.2) is 0 Å². The summed E-state index contributed by atoms with van der Waals surface area (Å²) in [6, 6.07) is 0. The zero-order valence-corrected chi connectivity index (χ0v) is 22.6. The van der Waals surface area contributed by atoms with Gasteiger partial charge in [0.25, 0.3) is 0 Å². The van der Waals surface area contributed by atoms with Gasteiger partial charge in [0.05, 0.1) is 0 Å². The summed E-state index contributed by atoms with van der Waals surface area (Å²) in [6.07, 6.45) is 23.6. The van der Waals surface area contributed by atoms with Crippen molar-refractivity contribution in [3.8, 4) is 0 Å². The lowest BCUT2D eigenvalue weighted by molar-refractivity contribution is 0.379. The smallest absolute Gasteiger partial charge is 0.0323 e. The van der Waals surface area contributed by atoms with Crippen molar-refractivity contribution in [1.29, 1.82) is 0 Å². The van der Waals surface area contributed by atoms with Crippen LogP contribution in [0.1, 0.15) is 152 Å². The van der Waals surface area contributed by atoms with Gasteiger partial charge in [-0.25, -0.2) is 0 Å². The molecule has 0 N–H and O–H groups in total. The van der Waals surface area contributed by atoms with Crippen molar-refractivity contribution < 1.29 is 0 Å². The van der Waals surface area contributed by atoms with Crippen molar-refractivity contribution in [2.45, 2.75) is 152 Å². The molecule has 0 bridgehead atoms. The van der Waals surface area contributed by atoms with Crippen molar-refractivity contribution in [1.82, 2.24) is 0 Å². The van der Waals surface area contributed by atoms with Gasteiger partial charge in [-0.2, -0.15) is 0 Å². The van der Waals surface area contributed by atoms with E-state index in [1.807, 2.05) is 0 Å². The van der Waals surface area contributed by atoms with Gasteiger partial charge in [-0.05, 0) is 62.2 Å². The molecule has 3 atom stereocenters. The Kier molecular flexibility index (Phi) is 19.3. The molecular weight excluding hydrogens is 360 g/mol. The molecule has 0 rings (SSSR count). The van der Waals surface area contributed by atoms with Crippen LogP contribution in [0.4, 0.5) is 0 Å². The van der Waals surface area contributed by atoms with Crippen LogP contribution in [0.5, 0.6) is 0 Å². The Labute approximate surface area is 193 Å². The highest BCUT2D eigenvalue weighted by molar-refractivity contribution is 4.97. The van der Waals surface area contributed by atoms with Gasteiger partial charge < -0.3 is 0 Å². The normalized spacial score (nSPS) is 15.7. The Bertz CT molecular complexity index is 389. The molecule has 0 aliphatic heterocycles. The van der Waals surface area contributed by atoms with Gasteiger partial charge in [0, 0.05) is 0 Å². The second-order valence-corrected chi connectivity index (χ2v) is 11.8. The number of rotatable bonds is 20. The lowest BCUT2D eigenvalue weighted by Crippen LogP contribution is -2.01. The van der Waals surface area contributed by atoms with E-state index in [1.165, 1.54) is 96.3 Å². The Morgan fingerprint density at radius 3 is 1.40 bits per heavy atom. The third-order valence-electron chi connectivity index (χ3n) is 7.02. The SMILES string of the molecule is C/C(=C\CCC(C)CCCCC(C)CCCC(C)CCCC(C)C)CCCC(C)C. The summed E-state index contributed by atoms with van der Waals surface area (Å²) in [5, 5.41) is 0. The molecule has 0 aliphatic carbocycles. The van der Waals surface area contributed by atoms with Crippen LogP contribution in [0.25, 0.3) is 0 Å². The van der Waals surface area contributed by atoms with Crippen LogP contribution >= 0.6 is 0 Å². The summed E-state index contributed by atoms with van der Waals surface area (Å²) in [4.78, 5) is 0. The van der Waals surface area contributed by atoms with Crippen LogP contribution < -0.4 is 0 Å². The summed E-state index contributed by atoms with van der Waals surface area (Å²) in [5.74, 6) is 4.49. The molecule has 0 aliphatic rings. The molecule has 0 heteroatoms. The number of hydrogen-bond acceptors (Lipinski definition) is 0. The minimum absolute atomic E-state index is 0.851. The molecule has 3 unspecified atom stereocenters. The fraction of sp³-hybridized carbons (Fsp3) is 0.933. The van der Waals surface area contributed by atoms with Crippen molar-refractivity contribution in [3.05, 3.63) is 11.6 Å². The fourth-order valence-corrected chi connectivity index (χ4v) is 4.61. The zero-order chi connectivity index (χ0) is 22.8. The molecule has 0 fully saturated rings. The fourth-order valence-electron chi connectivity index (χ4n) is 4.61. The Hall–Kier alpha value is -0.260. The van der Waals surface area contributed by atoms with Gasteiger partial charge >= 0.3 is 0 Å². The average molecular weight is 421 g/mol. The van der Waals surface area contributed by atoms with E-state index in [4.69, 9.17) is 0 Å². The van der Waals surface area contributed by atoms with E-state index in [0.29, 0.717) is 0 Å². The lowest BCUT2D eigenvalue weighted by atomic mass is 9.91. The molecule has 0 aromatic carbocycles. The van der Waals surface area contributed by atoms with Crippen molar-refractivity contribution in [3.63, 3.8) is 0 Å². The van der Waals surface area contributed by atoms with E-state index < -0.39 is 0 Å². The Balaban J connectivity index is 3.62. The number of unbranched alkanes of at least 4 members (excludes halogenated alkanes) is 1. The van der Waals surface area contributed by atoms with Crippen LogP contribution in [0, 0.1) is 29.6 Å². The van der Waals surface area contributed by atoms with E-state index in [2.05, 4.69) is 61.5 Å². The van der Waals surface area contributed by atoms with Crippen molar-refractivity contribution in [2.24, 2.45) is 29.6 Å². The van der Waals surface area contributed by atoms with Crippen LogP contribution in [-0.2, 0) is 0 Å².